The summed E-state index contributed by atoms with van der Waals surface area (Å²) in [5.41, 5.74) is 7.48. The zero-order chi connectivity index (χ0) is 11.3. The Labute approximate surface area is 99.6 Å². The van der Waals surface area contributed by atoms with Crippen LogP contribution in [0, 0.1) is 0 Å². The number of pyridine rings is 1. The highest BCUT2D eigenvalue weighted by atomic mass is 79.9. The second-order valence-corrected chi connectivity index (χ2v) is 4.63. The van der Waals surface area contributed by atoms with Crippen LogP contribution >= 0.6 is 15.9 Å². The third-order valence-electron chi connectivity index (χ3n) is 2.31. The molecule has 0 aliphatic heterocycles. The summed E-state index contributed by atoms with van der Waals surface area (Å²) in [5, 5.41) is 3.40. The average molecular weight is 272 g/mol. The standard InChI is InChI=1S/C11H18BrN3/c1-3-4-5-8(2)15-11-9(12)6-14-7-10(11)13/h6-8H,3-5,13H2,1-2H3,(H,14,15). The van der Waals surface area contributed by atoms with E-state index in [0.29, 0.717) is 11.7 Å². The Morgan fingerprint density at radius 3 is 2.87 bits per heavy atom. The molecule has 84 valence electrons. The molecule has 1 atom stereocenters. The minimum atomic E-state index is 0.436. The first kappa shape index (κ1) is 12.3. The van der Waals surface area contributed by atoms with Gasteiger partial charge in [0.25, 0.3) is 0 Å². The van der Waals surface area contributed by atoms with Gasteiger partial charge >= 0.3 is 0 Å². The predicted octanol–water partition coefficient (Wildman–Crippen LogP) is 3.42. The van der Waals surface area contributed by atoms with E-state index in [1.807, 2.05) is 0 Å². The van der Waals surface area contributed by atoms with E-state index in [9.17, 15) is 0 Å². The quantitative estimate of drug-likeness (QED) is 0.863. The van der Waals surface area contributed by atoms with Crippen LogP contribution in [0.3, 0.4) is 0 Å². The van der Waals surface area contributed by atoms with Crippen molar-refractivity contribution in [3.63, 3.8) is 0 Å². The molecule has 0 radical (unpaired) electrons. The summed E-state index contributed by atoms with van der Waals surface area (Å²) in [7, 11) is 0. The van der Waals surface area contributed by atoms with Crippen LogP contribution in [-0.2, 0) is 0 Å². The van der Waals surface area contributed by atoms with Crippen molar-refractivity contribution in [1.29, 1.82) is 0 Å². The Morgan fingerprint density at radius 1 is 1.53 bits per heavy atom. The minimum Gasteiger partial charge on any atom is -0.396 e. The lowest BCUT2D eigenvalue weighted by atomic mass is 10.1. The van der Waals surface area contributed by atoms with Gasteiger partial charge in [-0.1, -0.05) is 19.8 Å². The number of rotatable bonds is 5. The Balaban J connectivity index is 2.63. The molecule has 1 heterocycles. The van der Waals surface area contributed by atoms with Crippen LogP contribution in [0.2, 0.25) is 0 Å². The molecule has 0 aromatic carbocycles. The Morgan fingerprint density at radius 2 is 2.27 bits per heavy atom. The molecule has 0 fully saturated rings. The van der Waals surface area contributed by atoms with E-state index in [2.05, 4.69) is 40.1 Å². The molecule has 3 nitrogen and oxygen atoms in total. The average Bonchev–Trinajstić information content (AvgIpc) is 2.21. The fraction of sp³-hybridized carbons (Fsp3) is 0.545. The van der Waals surface area contributed by atoms with Crippen LogP contribution < -0.4 is 11.1 Å². The molecule has 1 unspecified atom stereocenters. The lowest BCUT2D eigenvalue weighted by Crippen LogP contribution is -2.16. The second kappa shape index (κ2) is 5.95. The van der Waals surface area contributed by atoms with Crippen LogP contribution in [0.4, 0.5) is 11.4 Å². The van der Waals surface area contributed by atoms with Gasteiger partial charge in [-0.25, -0.2) is 0 Å². The third-order valence-corrected chi connectivity index (χ3v) is 2.91. The maximum absolute atomic E-state index is 5.84. The molecule has 1 aromatic rings. The van der Waals surface area contributed by atoms with Gasteiger partial charge in [0, 0.05) is 12.2 Å². The van der Waals surface area contributed by atoms with Crippen molar-refractivity contribution in [2.24, 2.45) is 0 Å². The summed E-state index contributed by atoms with van der Waals surface area (Å²) in [6.07, 6.45) is 7.03. The molecule has 0 saturated carbocycles. The van der Waals surface area contributed by atoms with E-state index < -0.39 is 0 Å². The van der Waals surface area contributed by atoms with E-state index >= 15 is 0 Å². The first-order valence-electron chi connectivity index (χ1n) is 5.30. The van der Waals surface area contributed by atoms with Crippen LogP contribution in [-0.4, -0.2) is 11.0 Å². The second-order valence-electron chi connectivity index (χ2n) is 3.77. The van der Waals surface area contributed by atoms with E-state index in [1.54, 1.807) is 12.4 Å². The lowest BCUT2D eigenvalue weighted by molar-refractivity contribution is 0.645. The number of aromatic nitrogens is 1. The summed E-state index contributed by atoms with van der Waals surface area (Å²) in [6.45, 7) is 4.37. The zero-order valence-electron chi connectivity index (χ0n) is 9.26. The molecule has 1 rings (SSSR count). The van der Waals surface area contributed by atoms with E-state index in [0.717, 1.165) is 16.6 Å². The number of nitrogens with zero attached hydrogens (tertiary/aromatic N) is 1. The molecule has 0 amide bonds. The van der Waals surface area contributed by atoms with Gasteiger partial charge in [0.1, 0.15) is 0 Å². The Hall–Kier alpha value is -0.770. The smallest absolute Gasteiger partial charge is 0.0752 e. The SMILES string of the molecule is CCCCC(C)Nc1c(N)cncc1Br. The monoisotopic (exact) mass is 271 g/mol. The van der Waals surface area contributed by atoms with Gasteiger partial charge in [-0.05, 0) is 29.3 Å². The molecule has 0 aliphatic carbocycles. The van der Waals surface area contributed by atoms with Crippen molar-refractivity contribution in [1.82, 2.24) is 4.98 Å². The van der Waals surface area contributed by atoms with E-state index in [1.165, 1.54) is 12.8 Å². The maximum Gasteiger partial charge on any atom is 0.0752 e. The third kappa shape index (κ3) is 3.70. The van der Waals surface area contributed by atoms with Gasteiger partial charge in [0.15, 0.2) is 0 Å². The molecule has 0 bridgehead atoms. The maximum atomic E-state index is 5.84. The molecule has 0 saturated heterocycles. The van der Waals surface area contributed by atoms with Crippen LogP contribution in [0.15, 0.2) is 16.9 Å². The van der Waals surface area contributed by atoms with Gasteiger partial charge in [0.05, 0.1) is 22.0 Å². The highest BCUT2D eigenvalue weighted by molar-refractivity contribution is 9.10. The van der Waals surface area contributed by atoms with Crippen molar-refractivity contribution >= 4 is 27.3 Å². The topological polar surface area (TPSA) is 50.9 Å². The highest BCUT2D eigenvalue weighted by Crippen LogP contribution is 2.28. The van der Waals surface area contributed by atoms with Gasteiger partial charge in [-0.2, -0.15) is 0 Å². The number of anilines is 2. The van der Waals surface area contributed by atoms with Gasteiger partial charge in [-0.3, -0.25) is 4.98 Å². The van der Waals surface area contributed by atoms with Crippen LogP contribution in [0.1, 0.15) is 33.1 Å². The normalized spacial score (nSPS) is 12.5. The van der Waals surface area contributed by atoms with Crippen molar-refractivity contribution in [3.8, 4) is 0 Å². The summed E-state index contributed by atoms with van der Waals surface area (Å²) < 4.78 is 0.922. The molecule has 3 N–H and O–H groups in total. The summed E-state index contributed by atoms with van der Waals surface area (Å²) >= 11 is 3.44. The molecule has 15 heavy (non-hydrogen) atoms. The summed E-state index contributed by atoms with van der Waals surface area (Å²) in [4.78, 5) is 4.00. The number of unbranched alkanes of at least 4 members (excludes halogenated alkanes) is 1. The van der Waals surface area contributed by atoms with Gasteiger partial charge < -0.3 is 11.1 Å². The molecular formula is C11H18BrN3. The van der Waals surface area contributed by atoms with E-state index in [-0.39, 0.29) is 0 Å². The molecule has 0 aliphatic rings. The van der Waals surface area contributed by atoms with Crippen LogP contribution in [0.5, 0.6) is 0 Å². The molecule has 4 heteroatoms. The summed E-state index contributed by atoms with van der Waals surface area (Å²) in [6, 6.07) is 0.436. The largest absolute Gasteiger partial charge is 0.396 e. The van der Waals surface area contributed by atoms with Gasteiger partial charge in [0.2, 0.25) is 0 Å². The van der Waals surface area contributed by atoms with Crippen molar-refractivity contribution in [3.05, 3.63) is 16.9 Å². The Kier molecular flexibility index (Phi) is 4.88. The van der Waals surface area contributed by atoms with Crippen LogP contribution in [0.25, 0.3) is 0 Å². The molecule has 0 spiro atoms. The number of nitrogen functional groups attached to an aromatic ring is 1. The zero-order valence-corrected chi connectivity index (χ0v) is 10.8. The number of nitrogens with one attached hydrogen (secondary N) is 1. The predicted molar refractivity (Wildman–Crippen MR) is 69.0 cm³/mol. The fourth-order valence-corrected chi connectivity index (χ4v) is 1.89. The summed E-state index contributed by atoms with van der Waals surface area (Å²) in [5.74, 6) is 0. The van der Waals surface area contributed by atoms with E-state index in [4.69, 9.17) is 5.73 Å². The van der Waals surface area contributed by atoms with Crippen molar-refractivity contribution in [2.75, 3.05) is 11.1 Å². The fourth-order valence-electron chi connectivity index (χ4n) is 1.43. The number of nitrogens with two attached hydrogens (primary N) is 1. The minimum absolute atomic E-state index is 0.436. The lowest BCUT2D eigenvalue weighted by Gasteiger charge is -2.17. The first-order chi connectivity index (χ1) is 7.15. The first-order valence-corrected chi connectivity index (χ1v) is 6.10. The van der Waals surface area contributed by atoms with Gasteiger partial charge in [-0.15, -0.1) is 0 Å². The Bertz CT molecular complexity index is 294. The van der Waals surface area contributed by atoms with Crippen molar-refractivity contribution in [2.45, 2.75) is 39.2 Å². The molecular weight excluding hydrogens is 254 g/mol. The molecule has 1 aromatic heterocycles. The van der Waals surface area contributed by atoms with Crippen molar-refractivity contribution < 1.29 is 0 Å². The number of halogens is 1. The number of hydrogen-bond donors (Lipinski definition) is 2. The number of hydrogen-bond acceptors (Lipinski definition) is 3. The highest BCUT2D eigenvalue weighted by Gasteiger charge is 2.07.